The van der Waals surface area contributed by atoms with Crippen molar-refractivity contribution in [3.8, 4) is 0 Å². The molecule has 7 heteroatoms. The Morgan fingerprint density at radius 1 is 1.42 bits per heavy atom. The molecule has 0 saturated heterocycles. The molecule has 1 aliphatic rings. The summed E-state index contributed by atoms with van der Waals surface area (Å²) < 4.78 is 5.16. The van der Waals surface area contributed by atoms with E-state index in [1.165, 1.54) is 23.1 Å². The van der Waals surface area contributed by atoms with Crippen LogP contribution in [0.1, 0.15) is 41.6 Å². The van der Waals surface area contributed by atoms with Gasteiger partial charge in [-0.25, -0.2) is 9.78 Å². The quantitative estimate of drug-likeness (QED) is 0.597. The van der Waals surface area contributed by atoms with Crippen molar-refractivity contribution in [3.05, 3.63) is 40.9 Å². The zero-order chi connectivity index (χ0) is 16.9. The van der Waals surface area contributed by atoms with Crippen LogP contribution in [0.3, 0.4) is 0 Å². The van der Waals surface area contributed by atoms with Crippen molar-refractivity contribution in [2.75, 3.05) is 17.7 Å². The van der Waals surface area contributed by atoms with Gasteiger partial charge in [-0.3, -0.25) is 4.79 Å². The topological polar surface area (TPSA) is 68.3 Å². The largest absolute Gasteiger partial charge is 0.462 e. The van der Waals surface area contributed by atoms with Crippen molar-refractivity contribution in [2.24, 2.45) is 0 Å². The number of nitrogens with zero attached hydrogens (tertiary/aromatic N) is 1. The molecule has 1 saturated carbocycles. The fourth-order valence-electron chi connectivity index (χ4n) is 2.31. The van der Waals surface area contributed by atoms with Gasteiger partial charge in [0.15, 0.2) is 0 Å². The fourth-order valence-corrected chi connectivity index (χ4v) is 4.01. The summed E-state index contributed by atoms with van der Waals surface area (Å²) in [5.41, 5.74) is 1.53. The maximum atomic E-state index is 12.3. The Labute approximate surface area is 148 Å². The summed E-state index contributed by atoms with van der Waals surface area (Å²) in [5, 5.41) is 6.20. The highest BCUT2D eigenvalue weighted by molar-refractivity contribution is 7.99. The van der Waals surface area contributed by atoms with Crippen LogP contribution in [0, 0.1) is 0 Å². The minimum Gasteiger partial charge on any atom is -0.462 e. The number of esters is 1. The molecule has 0 aliphatic heterocycles. The maximum absolute atomic E-state index is 12.3. The molecule has 2 aromatic heterocycles. The van der Waals surface area contributed by atoms with E-state index in [0.29, 0.717) is 23.1 Å². The first-order chi connectivity index (χ1) is 11.7. The molecule has 0 unspecified atom stereocenters. The van der Waals surface area contributed by atoms with E-state index in [-0.39, 0.29) is 17.6 Å². The van der Waals surface area contributed by atoms with Crippen LogP contribution in [-0.4, -0.2) is 29.2 Å². The highest BCUT2D eigenvalue weighted by Gasteiger charge is 2.32. The van der Waals surface area contributed by atoms with Gasteiger partial charge in [0.05, 0.1) is 22.9 Å². The Kier molecular flexibility index (Phi) is 5.52. The number of amides is 1. The Balaban J connectivity index is 1.67. The Hall–Kier alpha value is -1.86. The summed E-state index contributed by atoms with van der Waals surface area (Å²) >= 11 is 2.75. The highest BCUT2D eigenvalue weighted by Crippen LogP contribution is 2.46. The van der Waals surface area contributed by atoms with Gasteiger partial charge in [0.1, 0.15) is 5.00 Å². The Bertz CT molecular complexity index is 727. The van der Waals surface area contributed by atoms with Crippen LogP contribution < -0.4 is 5.32 Å². The second-order valence-electron chi connectivity index (χ2n) is 5.39. The summed E-state index contributed by atoms with van der Waals surface area (Å²) in [4.78, 5) is 28.6. The van der Waals surface area contributed by atoms with E-state index in [1.807, 2.05) is 23.6 Å². The number of carbonyl (C=O) groups excluding carboxylic acids is 2. The minimum atomic E-state index is -0.353. The van der Waals surface area contributed by atoms with E-state index < -0.39 is 0 Å². The average Bonchev–Trinajstić information content (AvgIpc) is 3.35. The molecule has 1 amide bonds. The Morgan fingerprint density at radius 2 is 2.25 bits per heavy atom. The first-order valence-corrected chi connectivity index (χ1v) is 9.67. The fraction of sp³-hybridized carbons (Fsp3) is 0.353. The third-order valence-corrected chi connectivity index (χ3v) is 5.42. The van der Waals surface area contributed by atoms with Crippen molar-refractivity contribution in [3.63, 3.8) is 0 Å². The lowest BCUT2D eigenvalue weighted by Crippen LogP contribution is -2.16. The smallest absolute Gasteiger partial charge is 0.341 e. The number of thiophene rings is 1. The Morgan fingerprint density at radius 3 is 2.92 bits per heavy atom. The molecule has 24 heavy (non-hydrogen) atoms. The number of nitrogens with one attached hydrogen (secondary N) is 1. The number of hydrogen-bond acceptors (Lipinski definition) is 6. The second-order valence-corrected chi connectivity index (χ2v) is 7.27. The second kappa shape index (κ2) is 7.81. The number of thioether (sulfide) groups is 1. The van der Waals surface area contributed by atoms with Crippen LogP contribution in [0.15, 0.2) is 34.8 Å². The first kappa shape index (κ1) is 17.0. The van der Waals surface area contributed by atoms with Gasteiger partial charge < -0.3 is 10.1 Å². The van der Waals surface area contributed by atoms with Crippen molar-refractivity contribution in [2.45, 2.75) is 30.7 Å². The first-order valence-electron chi connectivity index (χ1n) is 7.81. The normalized spacial score (nSPS) is 13.5. The van der Waals surface area contributed by atoms with Gasteiger partial charge in [0.2, 0.25) is 5.91 Å². The molecule has 1 fully saturated rings. The lowest BCUT2D eigenvalue weighted by molar-refractivity contribution is -0.113. The van der Waals surface area contributed by atoms with E-state index in [2.05, 4.69) is 10.3 Å². The third kappa shape index (κ3) is 4.15. The number of pyridine rings is 1. The molecule has 126 valence electrons. The number of ether oxygens (including phenoxy) is 1. The summed E-state index contributed by atoms with van der Waals surface area (Å²) in [6.07, 6.45) is 3.87. The SMILES string of the molecule is CCOC(=O)c1c(C2CC2)csc1NC(=O)CSc1ccccn1. The van der Waals surface area contributed by atoms with Crippen molar-refractivity contribution in [1.82, 2.24) is 4.98 Å². The monoisotopic (exact) mass is 362 g/mol. The molecule has 5 nitrogen and oxygen atoms in total. The van der Waals surface area contributed by atoms with Gasteiger partial charge in [-0.2, -0.15) is 0 Å². The van der Waals surface area contributed by atoms with Crippen LogP contribution in [0.25, 0.3) is 0 Å². The molecule has 1 N–H and O–H groups in total. The summed E-state index contributed by atoms with van der Waals surface area (Å²) in [5.74, 6) is 0.165. The van der Waals surface area contributed by atoms with E-state index >= 15 is 0 Å². The average molecular weight is 362 g/mol. The predicted molar refractivity (Wildman–Crippen MR) is 95.8 cm³/mol. The molecule has 0 atom stereocenters. The molecular formula is C17H18N2O3S2. The van der Waals surface area contributed by atoms with Crippen molar-refractivity contribution >= 4 is 40.0 Å². The highest BCUT2D eigenvalue weighted by atomic mass is 32.2. The number of anilines is 1. The molecule has 0 radical (unpaired) electrons. The molecular weight excluding hydrogens is 344 g/mol. The molecule has 3 rings (SSSR count). The van der Waals surface area contributed by atoms with E-state index in [9.17, 15) is 9.59 Å². The summed E-state index contributed by atoms with van der Waals surface area (Å²) in [7, 11) is 0. The van der Waals surface area contributed by atoms with Gasteiger partial charge in [0.25, 0.3) is 0 Å². The van der Waals surface area contributed by atoms with Crippen LogP contribution >= 0.6 is 23.1 Å². The van der Waals surface area contributed by atoms with E-state index in [1.54, 1.807) is 13.1 Å². The van der Waals surface area contributed by atoms with Gasteiger partial charge in [-0.1, -0.05) is 17.8 Å². The lowest BCUT2D eigenvalue weighted by Gasteiger charge is -2.08. The predicted octanol–water partition coefficient (Wildman–Crippen LogP) is 3.93. The molecule has 0 bridgehead atoms. The van der Waals surface area contributed by atoms with Gasteiger partial charge >= 0.3 is 5.97 Å². The van der Waals surface area contributed by atoms with Crippen LogP contribution in [0.5, 0.6) is 0 Å². The minimum absolute atomic E-state index is 0.152. The van der Waals surface area contributed by atoms with E-state index in [0.717, 1.165) is 23.4 Å². The van der Waals surface area contributed by atoms with Crippen molar-refractivity contribution in [1.29, 1.82) is 0 Å². The molecule has 0 aromatic carbocycles. The molecule has 2 aromatic rings. The zero-order valence-corrected chi connectivity index (χ0v) is 14.9. The van der Waals surface area contributed by atoms with Gasteiger partial charge in [-0.15, -0.1) is 11.3 Å². The third-order valence-electron chi connectivity index (χ3n) is 3.56. The van der Waals surface area contributed by atoms with Crippen LogP contribution in [0.2, 0.25) is 0 Å². The zero-order valence-electron chi connectivity index (χ0n) is 13.3. The summed E-state index contributed by atoms with van der Waals surface area (Å²) in [6.45, 7) is 2.10. The molecule has 0 spiro atoms. The molecule has 1 aliphatic carbocycles. The maximum Gasteiger partial charge on any atom is 0.341 e. The van der Waals surface area contributed by atoms with Crippen LogP contribution in [0.4, 0.5) is 5.00 Å². The summed E-state index contributed by atoms with van der Waals surface area (Å²) in [6, 6.07) is 5.58. The van der Waals surface area contributed by atoms with Crippen LogP contribution in [-0.2, 0) is 9.53 Å². The van der Waals surface area contributed by atoms with Gasteiger partial charge in [-0.05, 0) is 48.8 Å². The molecule has 2 heterocycles. The number of rotatable bonds is 7. The standard InChI is InChI=1S/C17H18N2O3S2/c1-2-22-17(21)15-12(11-6-7-11)9-24-16(15)19-13(20)10-23-14-5-3-4-8-18-14/h3-5,8-9,11H,2,6-7,10H2,1H3,(H,19,20). The van der Waals surface area contributed by atoms with Crippen molar-refractivity contribution < 1.29 is 14.3 Å². The van der Waals surface area contributed by atoms with E-state index in [4.69, 9.17) is 4.74 Å². The number of aromatic nitrogens is 1. The number of hydrogen-bond donors (Lipinski definition) is 1. The number of carbonyl (C=O) groups is 2. The lowest BCUT2D eigenvalue weighted by atomic mass is 10.1. The van der Waals surface area contributed by atoms with Gasteiger partial charge in [0, 0.05) is 6.20 Å².